The van der Waals surface area contributed by atoms with Crippen LogP contribution in [0.3, 0.4) is 0 Å². The quantitative estimate of drug-likeness (QED) is 0.693. The van der Waals surface area contributed by atoms with Crippen molar-refractivity contribution in [3.8, 4) is 0 Å². The third-order valence-electron chi connectivity index (χ3n) is 3.22. The molecule has 0 aliphatic carbocycles. The summed E-state index contributed by atoms with van der Waals surface area (Å²) in [5.41, 5.74) is 0.267. The molecule has 0 saturated carbocycles. The van der Waals surface area contributed by atoms with Crippen molar-refractivity contribution in [2.45, 2.75) is 31.6 Å². The summed E-state index contributed by atoms with van der Waals surface area (Å²) in [6.45, 7) is 3.58. The Morgan fingerprint density at radius 1 is 1.32 bits per heavy atom. The molecule has 2 heterocycles. The van der Waals surface area contributed by atoms with Crippen molar-refractivity contribution in [2.24, 2.45) is 5.16 Å². The average molecular weight is 452 g/mol. The molecule has 2 aromatic rings. The van der Waals surface area contributed by atoms with Gasteiger partial charge in [0.15, 0.2) is 10.6 Å². The van der Waals surface area contributed by atoms with Gasteiger partial charge in [-0.3, -0.25) is 0 Å². The van der Waals surface area contributed by atoms with Crippen LogP contribution in [0.4, 0.5) is 0 Å². The molecule has 22 heavy (non-hydrogen) atoms. The van der Waals surface area contributed by atoms with Gasteiger partial charge in [0.25, 0.3) is 0 Å². The van der Waals surface area contributed by atoms with Crippen molar-refractivity contribution in [1.29, 1.82) is 0 Å². The maximum absolute atomic E-state index is 12.5. The molecule has 1 aliphatic rings. The third kappa shape index (κ3) is 2.93. The highest BCUT2D eigenvalue weighted by Gasteiger charge is 2.36. The van der Waals surface area contributed by atoms with Crippen molar-refractivity contribution in [3.63, 3.8) is 0 Å². The number of sulfone groups is 1. The molecular formula is C13H12Br2N2O4S. The molecule has 3 rings (SSSR count). The van der Waals surface area contributed by atoms with Crippen molar-refractivity contribution >= 4 is 57.7 Å². The zero-order valence-corrected chi connectivity index (χ0v) is 15.7. The van der Waals surface area contributed by atoms with E-state index < -0.39 is 15.4 Å². The first-order valence-electron chi connectivity index (χ1n) is 6.39. The van der Waals surface area contributed by atoms with Gasteiger partial charge >= 0.3 is 0 Å². The molecule has 118 valence electrons. The number of hydrogen-bond acceptors (Lipinski definition) is 6. The Hall–Kier alpha value is -0.930. The van der Waals surface area contributed by atoms with E-state index in [0.717, 1.165) is 4.47 Å². The van der Waals surface area contributed by atoms with Gasteiger partial charge < -0.3 is 9.36 Å². The number of rotatable bonds is 2. The molecule has 0 radical (unpaired) electrons. The lowest BCUT2D eigenvalue weighted by atomic mass is 10.1. The van der Waals surface area contributed by atoms with Gasteiger partial charge in [-0.2, -0.15) is 0 Å². The minimum absolute atomic E-state index is 0.0442. The van der Waals surface area contributed by atoms with Gasteiger partial charge in [0.1, 0.15) is 17.0 Å². The summed E-state index contributed by atoms with van der Waals surface area (Å²) in [4.78, 5) is 5.13. The first-order valence-corrected chi connectivity index (χ1v) is 9.63. The third-order valence-corrected chi connectivity index (χ3v) is 5.86. The molecule has 1 aliphatic heterocycles. The monoisotopic (exact) mass is 450 g/mol. The summed E-state index contributed by atoms with van der Waals surface area (Å²) in [7, 11) is -3.60. The number of oxime groups is 1. The second-order valence-electron chi connectivity index (χ2n) is 5.67. The molecule has 6 nitrogen and oxygen atoms in total. The molecule has 1 aromatic heterocycles. The van der Waals surface area contributed by atoms with Crippen LogP contribution in [0.25, 0.3) is 11.0 Å². The fourth-order valence-corrected chi connectivity index (χ4v) is 4.91. The van der Waals surface area contributed by atoms with Crippen LogP contribution < -0.4 is 0 Å². The van der Waals surface area contributed by atoms with Crippen LogP contribution >= 0.6 is 31.9 Å². The minimum atomic E-state index is -3.60. The smallest absolute Gasteiger partial charge is 0.200 e. The molecule has 0 saturated heterocycles. The number of benzene rings is 1. The van der Waals surface area contributed by atoms with Gasteiger partial charge in [0.05, 0.1) is 4.47 Å². The molecule has 0 N–H and O–H groups in total. The predicted molar refractivity (Wildman–Crippen MR) is 89.2 cm³/mol. The molecule has 0 fully saturated rings. The fraction of sp³-hybridized carbons (Fsp3) is 0.385. The first-order chi connectivity index (χ1) is 10.2. The molecule has 9 heteroatoms. The van der Waals surface area contributed by atoms with E-state index in [4.69, 9.17) is 9.36 Å². The SMILES string of the molecule is CC1(C)CC(S(=O)(=O)Cc2noc3c(Br)cc(Br)cc23)=NO1. The number of hydrogen-bond donors (Lipinski definition) is 0. The minimum Gasteiger partial charge on any atom is -0.389 e. The molecule has 0 amide bonds. The lowest BCUT2D eigenvalue weighted by molar-refractivity contribution is 0.0123. The van der Waals surface area contributed by atoms with Gasteiger partial charge in [0.2, 0.25) is 9.84 Å². The molecule has 1 aromatic carbocycles. The number of halogens is 2. The summed E-state index contributed by atoms with van der Waals surface area (Å²) >= 11 is 6.74. The summed E-state index contributed by atoms with van der Waals surface area (Å²) in [6.07, 6.45) is 0.249. The Morgan fingerprint density at radius 2 is 2.05 bits per heavy atom. The van der Waals surface area contributed by atoms with Crippen LogP contribution in [0.1, 0.15) is 26.0 Å². The van der Waals surface area contributed by atoms with Crippen LogP contribution in [-0.4, -0.2) is 24.2 Å². The topological polar surface area (TPSA) is 81.8 Å². The lowest BCUT2D eigenvalue weighted by Gasteiger charge is -2.13. The molecule has 0 atom stereocenters. The zero-order chi connectivity index (χ0) is 16.1. The van der Waals surface area contributed by atoms with E-state index in [0.29, 0.717) is 21.1 Å². The fourth-order valence-electron chi connectivity index (χ4n) is 2.15. The van der Waals surface area contributed by atoms with Crippen LogP contribution in [0.15, 0.2) is 30.8 Å². The predicted octanol–water partition coefficient (Wildman–Crippen LogP) is 3.78. The largest absolute Gasteiger partial charge is 0.389 e. The van der Waals surface area contributed by atoms with Gasteiger partial charge in [-0.05, 0) is 41.9 Å². The number of nitrogens with zero attached hydrogens (tertiary/aromatic N) is 2. The average Bonchev–Trinajstić information content (AvgIpc) is 2.94. The van der Waals surface area contributed by atoms with Gasteiger partial charge in [-0.1, -0.05) is 26.2 Å². The van der Waals surface area contributed by atoms with E-state index in [9.17, 15) is 8.42 Å². The second-order valence-corrected chi connectivity index (χ2v) is 9.42. The number of fused-ring (bicyclic) bond motifs is 1. The van der Waals surface area contributed by atoms with E-state index in [1.54, 1.807) is 19.9 Å². The van der Waals surface area contributed by atoms with Crippen LogP contribution in [0.2, 0.25) is 0 Å². The van der Waals surface area contributed by atoms with Crippen LogP contribution in [0, 0.1) is 0 Å². The zero-order valence-electron chi connectivity index (χ0n) is 11.8. The van der Waals surface area contributed by atoms with E-state index in [2.05, 4.69) is 42.2 Å². The highest BCUT2D eigenvalue weighted by Crippen LogP contribution is 2.32. The van der Waals surface area contributed by atoms with E-state index in [1.807, 2.05) is 6.07 Å². The lowest BCUT2D eigenvalue weighted by Crippen LogP contribution is -2.23. The standard InChI is InChI=1S/C13H12Br2N2O4S/c1-13(2)5-11(17-21-13)22(18,19)6-10-8-3-7(14)4-9(15)12(8)20-16-10/h3-4H,5-6H2,1-2H3. The highest BCUT2D eigenvalue weighted by atomic mass is 79.9. The van der Waals surface area contributed by atoms with Crippen molar-refractivity contribution in [3.05, 3.63) is 26.8 Å². The van der Waals surface area contributed by atoms with E-state index >= 15 is 0 Å². The molecule has 0 spiro atoms. The van der Waals surface area contributed by atoms with Gasteiger partial charge in [-0.25, -0.2) is 8.42 Å². The Bertz CT molecular complexity index is 887. The van der Waals surface area contributed by atoms with Crippen molar-refractivity contribution in [2.75, 3.05) is 0 Å². The first kappa shape index (κ1) is 15.9. The summed E-state index contributed by atoms with van der Waals surface area (Å²) < 4.78 is 31.7. The summed E-state index contributed by atoms with van der Waals surface area (Å²) in [5.74, 6) is -0.277. The Labute approximate surface area is 144 Å². The Kier molecular flexibility index (Phi) is 3.85. The maximum atomic E-state index is 12.5. The highest BCUT2D eigenvalue weighted by molar-refractivity contribution is 9.11. The Balaban J connectivity index is 1.97. The van der Waals surface area contributed by atoms with Crippen LogP contribution in [0.5, 0.6) is 0 Å². The van der Waals surface area contributed by atoms with Crippen molar-refractivity contribution in [1.82, 2.24) is 5.16 Å². The normalized spacial score (nSPS) is 17.5. The van der Waals surface area contributed by atoms with Crippen molar-refractivity contribution < 1.29 is 17.8 Å². The van der Waals surface area contributed by atoms with E-state index in [-0.39, 0.29) is 17.2 Å². The second kappa shape index (κ2) is 5.31. The molecule has 0 bridgehead atoms. The van der Waals surface area contributed by atoms with E-state index in [1.165, 1.54) is 0 Å². The van der Waals surface area contributed by atoms with Crippen LogP contribution in [-0.2, 0) is 20.4 Å². The van der Waals surface area contributed by atoms with Gasteiger partial charge in [-0.15, -0.1) is 0 Å². The summed E-state index contributed by atoms with van der Waals surface area (Å²) in [6, 6.07) is 3.58. The number of aromatic nitrogens is 1. The molecule has 0 unspecified atom stereocenters. The maximum Gasteiger partial charge on any atom is 0.200 e. The Morgan fingerprint density at radius 3 is 2.68 bits per heavy atom. The summed E-state index contributed by atoms with van der Waals surface area (Å²) in [5, 5.41) is 8.28. The van der Waals surface area contributed by atoms with Gasteiger partial charge in [0, 0.05) is 16.3 Å². The molecular weight excluding hydrogens is 440 g/mol.